The fraction of sp³-hybridized carbons (Fsp3) is 0.222. The Bertz CT molecular complexity index is 921. The van der Waals surface area contributed by atoms with E-state index in [0.29, 0.717) is 0 Å². The first-order valence-electron chi connectivity index (χ1n) is 8.07. The van der Waals surface area contributed by atoms with Gasteiger partial charge in [0.05, 0.1) is 22.1 Å². The van der Waals surface area contributed by atoms with E-state index in [1.807, 2.05) is 0 Å². The van der Waals surface area contributed by atoms with E-state index >= 15 is 0 Å². The third-order valence-corrected chi connectivity index (χ3v) is 6.05. The van der Waals surface area contributed by atoms with Gasteiger partial charge >= 0.3 is 0 Å². The summed E-state index contributed by atoms with van der Waals surface area (Å²) in [7, 11) is 3.19. The molecule has 122 valence electrons. The third kappa shape index (κ3) is 3.03. The second kappa shape index (κ2) is 6.53. The predicted octanol–water partition coefficient (Wildman–Crippen LogP) is 5.36. The van der Waals surface area contributed by atoms with Crippen molar-refractivity contribution in [3.63, 3.8) is 0 Å². The van der Waals surface area contributed by atoms with Crippen molar-refractivity contribution >= 4 is 43.7 Å². The van der Waals surface area contributed by atoms with Gasteiger partial charge in [0.25, 0.3) is 0 Å². The summed E-state index contributed by atoms with van der Waals surface area (Å²) < 4.78 is 0. The minimum absolute atomic E-state index is 0.901. The Morgan fingerprint density at radius 3 is 1.62 bits per heavy atom. The number of aryl methyl sites for hydroxylation is 2. The molecule has 0 saturated heterocycles. The highest BCUT2D eigenvalue weighted by Crippen LogP contribution is 2.36. The standard InChI is InChI=1S/C18H18N4S2/c1-3-11-5-7-13-15(9-11)21-17(19-13)23-24-18-20-14-8-6-12(4-2)10-16(14)22-18/h5-10H,3-4H2,1-2H3,(H,19,21)(H,20,22). The quantitative estimate of drug-likeness (QED) is 0.473. The molecule has 0 aliphatic heterocycles. The van der Waals surface area contributed by atoms with E-state index in [4.69, 9.17) is 0 Å². The van der Waals surface area contributed by atoms with Gasteiger partial charge in [0.1, 0.15) is 0 Å². The lowest BCUT2D eigenvalue weighted by molar-refractivity contribution is 1.08. The number of hydrogen-bond donors (Lipinski definition) is 2. The van der Waals surface area contributed by atoms with Crippen LogP contribution in [0.1, 0.15) is 25.0 Å². The van der Waals surface area contributed by atoms with Crippen LogP contribution >= 0.6 is 21.6 Å². The van der Waals surface area contributed by atoms with Crippen molar-refractivity contribution in [1.29, 1.82) is 0 Å². The highest BCUT2D eigenvalue weighted by Gasteiger charge is 2.08. The first kappa shape index (κ1) is 15.6. The zero-order chi connectivity index (χ0) is 16.5. The van der Waals surface area contributed by atoms with Crippen LogP contribution in [-0.4, -0.2) is 19.9 Å². The topological polar surface area (TPSA) is 57.4 Å². The van der Waals surface area contributed by atoms with Crippen LogP contribution in [0.3, 0.4) is 0 Å². The fourth-order valence-corrected chi connectivity index (χ4v) is 4.34. The van der Waals surface area contributed by atoms with E-state index in [2.05, 4.69) is 70.2 Å². The number of aromatic amines is 2. The number of benzene rings is 2. The van der Waals surface area contributed by atoms with E-state index in [-0.39, 0.29) is 0 Å². The summed E-state index contributed by atoms with van der Waals surface area (Å²) >= 11 is 0. The van der Waals surface area contributed by atoms with Gasteiger partial charge in [-0.25, -0.2) is 9.97 Å². The van der Waals surface area contributed by atoms with Gasteiger partial charge < -0.3 is 9.97 Å². The first-order chi connectivity index (χ1) is 11.7. The minimum atomic E-state index is 0.901. The molecule has 0 aliphatic rings. The number of rotatable bonds is 5. The molecule has 0 spiro atoms. The van der Waals surface area contributed by atoms with Gasteiger partial charge in [0, 0.05) is 0 Å². The summed E-state index contributed by atoms with van der Waals surface area (Å²) in [5.41, 5.74) is 6.84. The van der Waals surface area contributed by atoms with Crippen LogP contribution in [0.2, 0.25) is 0 Å². The summed E-state index contributed by atoms with van der Waals surface area (Å²) in [6.07, 6.45) is 2.07. The fourth-order valence-electron chi connectivity index (χ4n) is 2.66. The Labute approximate surface area is 148 Å². The molecular formula is C18H18N4S2. The van der Waals surface area contributed by atoms with Crippen LogP contribution in [-0.2, 0) is 12.8 Å². The van der Waals surface area contributed by atoms with E-state index in [9.17, 15) is 0 Å². The van der Waals surface area contributed by atoms with Crippen LogP contribution in [0.5, 0.6) is 0 Å². The van der Waals surface area contributed by atoms with E-state index in [1.54, 1.807) is 21.6 Å². The van der Waals surface area contributed by atoms with Gasteiger partial charge in [-0.1, -0.05) is 26.0 Å². The molecule has 2 aromatic carbocycles. The molecule has 0 aliphatic carbocycles. The highest BCUT2D eigenvalue weighted by atomic mass is 33.1. The zero-order valence-electron chi connectivity index (χ0n) is 13.6. The molecule has 2 aromatic heterocycles. The Balaban J connectivity index is 1.53. The average Bonchev–Trinajstić information content (AvgIpc) is 3.21. The molecule has 2 N–H and O–H groups in total. The number of H-pyrrole nitrogens is 2. The Morgan fingerprint density at radius 2 is 1.21 bits per heavy atom. The van der Waals surface area contributed by atoms with Gasteiger partial charge in [-0.3, -0.25) is 0 Å². The molecule has 0 unspecified atom stereocenters. The molecular weight excluding hydrogens is 336 g/mol. The lowest BCUT2D eigenvalue weighted by Gasteiger charge is -1.94. The van der Waals surface area contributed by atoms with Crippen LogP contribution < -0.4 is 0 Å². The van der Waals surface area contributed by atoms with Crippen LogP contribution in [0.4, 0.5) is 0 Å². The Morgan fingerprint density at radius 1 is 0.750 bits per heavy atom. The number of aromatic nitrogens is 4. The lowest BCUT2D eigenvalue weighted by atomic mass is 10.1. The largest absolute Gasteiger partial charge is 0.332 e. The molecule has 0 bridgehead atoms. The summed E-state index contributed by atoms with van der Waals surface area (Å²) in [6.45, 7) is 4.32. The molecule has 0 atom stereocenters. The highest BCUT2D eigenvalue weighted by molar-refractivity contribution is 8.76. The smallest absolute Gasteiger partial charge is 0.177 e. The van der Waals surface area contributed by atoms with Crippen molar-refractivity contribution in [3.8, 4) is 0 Å². The van der Waals surface area contributed by atoms with Crippen molar-refractivity contribution in [2.75, 3.05) is 0 Å². The first-order valence-corrected chi connectivity index (χ1v) is 10.2. The number of nitrogens with one attached hydrogen (secondary N) is 2. The predicted molar refractivity (Wildman–Crippen MR) is 103 cm³/mol. The molecule has 4 rings (SSSR count). The van der Waals surface area contributed by atoms with Crippen molar-refractivity contribution < 1.29 is 0 Å². The van der Waals surface area contributed by atoms with Gasteiger partial charge in [0.15, 0.2) is 10.3 Å². The molecule has 0 saturated carbocycles. The molecule has 4 nitrogen and oxygen atoms in total. The third-order valence-electron chi connectivity index (χ3n) is 4.07. The van der Waals surface area contributed by atoms with Crippen molar-refractivity contribution in [3.05, 3.63) is 47.5 Å². The Kier molecular flexibility index (Phi) is 4.24. The maximum atomic E-state index is 4.63. The zero-order valence-corrected chi connectivity index (χ0v) is 15.2. The summed E-state index contributed by atoms with van der Waals surface area (Å²) in [4.78, 5) is 16.0. The van der Waals surface area contributed by atoms with Crippen LogP contribution in [0.15, 0.2) is 46.7 Å². The summed E-state index contributed by atoms with van der Waals surface area (Å²) in [5.74, 6) is 0. The van der Waals surface area contributed by atoms with Crippen LogP contribution in [0, 0.1) is 0 Å². The summed E-state index contributed by atoms with van der Waals surface area (Å²) in [5, 5.41) is 1.80. The number of fused-ring (bicyclic) bond motifs is 2. The molecule has 6 heteroatoms. The van der Waals surface area contributed by atoms with Gasteiger partial charge in [-0.2, -0.15) is 0 Å². The molecule has 0 fully saturated rings. The average molecular weight is 355 g/mol. The van der Waals surface area contributed by atoms with E-state index in [1.165, 1.54) is 11.1 Å². The van der Waals surface area contributed by atoms with Crippen molar-refractivity contribution in [2.24, 2.45) is 0 Å². The minimum Gasteiger partial charge on any atom is -0.332 e. The number of nitrogens with zero attached hydrogens (tertiary/aromatic N) is 2. The Hall–Kier alpha value is -1.92. The second-order valence-electron chi connectivity index (χ2n) is 5.66. The molecule has 4 aromatic rings. The van der Waals surface area contributed by atoms with Crippen molar-refractivity contribution in [2.45, 2.75) is 37.0 Å². The molecule has 0 amide bonds. The van der Waals surface area contributed by atoms with Gasteiger partial charge in [-0.05, 0) is 69.8 Å². The van der Waals surface area contributed by atoms with E-state index in [0.717, 1.165) is 45.2 Å². The van der Waals surface area contributed by atoms with Crippen molar-refractivity contribution in [1.82, 2.24) is 19.9 Å². The SMILES string of the molecule is CCc1ccc2nc(SSc3nc4ccc(CC)cc4[nH]3)[nH]c2c1. The second-order valence-corrected chi connectivity index (χ2v) is 7.77. The number of imidazole rings is 2. The molecule has 2 heterocycles. The monoisotopic (exact) mass is 354 g/mol. The molecule has 24 heavy (non-hydrogen) atoms. The summed E-state index contributed by atoms with van der Waals surface area (Å²) in [6, 6.07) is 12.8. The maximum absolute atomic E-state index is 4.63. The molecule has 0 radical (unpaired) electrons. The van der Waals surface area contributed by atoms with Crippen LogP contribution in [0.25, 0.3) is 22.1 Å². The maximum Gasteiger partial charge on any atom is 0.177 e. The van der Waals surface area contributed by atoms with Gasteiger partial charge in [-0.15, -0.1) is 0 Å². The van der Waals surface area contributed by atoms with E-state index < -0.39 is 0 Å². The lowest BCUT2D eigenvalue weighted by Crippen LogP contribution is -1.78. The van der Waals surface area contributed by atoms with Gasteiger partial charge in [0.2, 0.25) is 0 Å². The normalized spacial score (nSPS) is 11.6. The number of hydrogen-bond acceptors (Lipinski definition) is 4.